The minimum Gasteiger partial charge on any atom is -0.222 e. The molecule has 4 nitrogen and oxygen atoms in total. The minimum absolute atomic E-state index is 0.108. The van der Waals surface area contributed by atoms with E-state index in [9.17, 15) is 0 Å². The number of aliphatic imine (C=N–C) groups is 1. The lowest BCUT2D eigenvalue weighted by molar-refractivity contribution is 0.531. The molecule has 2 aromatic carbocycles. The third-order valence-corrected chi connectivity index (χ3v) is 4.36. The largest absolute Gasteiger partial charge is 0.248 e. The van der Waals surface area contributed by atoms with Crippen LogP contribution in [-0.4, -0.2) is 20.5 Å². The van der Waals surface area contributed by atoms with Crippen molar-refractivity contribution in [2.45, 2.75) is 19.4 Å². The Morgan fingerprint density at radius 3 is 2.52 bits per heavy atom. The molecule has 3 aromatic rings. The molecule has 0 N–H and O–H groups in total. The molecule has 0 aliphatic carbocycles. The molecule has 0 radical (unpaired) electrons. The van der Waals surface area contributed by atoms with Gasteiger partial charge in [-0.05, 0) is 30.2 Å². The first-order valence-corrected chi connectivity index (χ1v) is 7.88. The van der Waals surface area contributed by atoms with Crippen molar-refractivity contribution in [3.05, 3.63) is 76.6 Å². The molecule has 0 saturated carbocycles. The summed E-state index contributed by atoms with van der Waals surface area (Å²) in [5.41, 5.74) is 4.53. The highest BCUT2D eigenvalue weighted by molar-refractivity contribution is 6.30. The zero-order valence-electron chi connectivity index (χ0n) is 12.6. The Hall–Kier alpha value is -2.46. The van der Waals surface area contributed by atoms with Crippen LogP contribution in [0.5, 0.6) is 0 Å². The van der Waals surface area contributed by atoms with E-state index in [2.05, 4.69) is 46.3 Å². The molecular weight excluding hydrogens is 308 g/mol. The fraction of sp³-hybridized carbons (Fsp3) is 0.167. The Kier molecular flexibility index (Phi) is 3.46. The third-order valence-electron chi connectivity index (χ3n) is 4.11. The molecule has 23 heavy (non-hydrogen) atoms. The maximum atomic E-state index is 5.99. The Balaban J connectivity index is 1.77. The molecule has 0 spiro atoms. The summed E-state index contributed by atoms with van der Waals surface area (Å²) >= 11 is 5.99. The van der Waals surface area contributed by atoms with Crippen LogP contribution in [0.25, 0.3) is 0 Å². The fourth-order valence-electron chi connectivity index (χ4n) is 2.85. The first kappa shape index (κ1) is 14.2. The number of rotatable bonds is 2. The van der Waals surface area contributed by atoms with E-state index in [1.165, 1.54) is 11.1 Å². The SMILES string of the molecule is Cc1ccc(C2CC(c3ccc(Cl)cc3)=Nc3ncnn32)cc1. The van der Waals surface area contributed by atoms with Gasteiger partial charge >= 0.3 is 0 Å². The zero-order valence-corrected chi connectivity index (χ0v) is 13.4. The summed E-state index contributed by atoms with van der Waals surface area (Å²) in [5.74, 6) is 0.645. The van der Waals surface area contributed by atoms with E-state index in [0.717, 1.165) is 22.7 Å². The van der Waals surface area contributed by atoms with Crippen LogP contribution < -0.4 is 0 Å². The summed E-state index contributed by atoms with van der Waals surface area (Å²) < 4.78 is 1.89. The van der Waals surface area contributed by atoms with Crippen molar-refractivity contribution in [2.24, 2.45) is 4.99 Å². The molecule has 0 fully saturated rings. The van der Waals surface area contributed by atoms with Gasteiger partial charge < -0.3 is 0 Å². The van der Waals surface area contributed by atoms with Gasteiger partial charge in [-0.2, -0.15) is 10.1 Å². The van der Waals surface area contributed by atoms with Crippen LogP contribution in [0, 0.1) is 6.92 Å². The minimum atomic E-state index is 0.108. The van der Waals surface area contributed by atoms with E-state index >= 15 is 0 Å². The number of halogens is 1. The molecule has 1 unspecified atom stereocenters. The van der Waals surface area contributed by atoms with Crippen molar-refractivity contribution >= 4 is 23.3 Å². The second-order valence-corrected chi connectivity index (χ2v) is 6.14. The van der Waals surface area contributed by atoms with Gasteiger partial charge in [0.25, 0.3) is 0 Å². The fourth-order valence-corrected chi connectivity index (χ4v) is 2.98. The Morgan fingerprint density at radius 1 is 1.04 bits per heavy atom. The number of nitrogens with zero attached hydrogens (tertiary/aromatic N) is 4. The number of benzene rings is 2. The highest BCUT2D eigenvalue weighted by Gasteiger charge is 2.25. The van der Waals surface area contributed by atoms with Gasteiger partial charge in [-0.15, -0.1) is 0 Å². The van der Waals surface area contributed by atoms with Gasteiger partial charge in [0.15, 0.2) is 0 Å². The normalized spacial score (nSPS) is 16.8. The average molecular weight is 323 g/mol. The monoisotopic (exact) mass is 322 g/mol. The van der Waals surface area contributed by atoms with Crippen molar-refractivity contribution in [1.29, 1.82) is 0 Å². The highest BCUT2D eigenvalue weighted by Crippen LogP contribution is 2.32. The topological polar surface area (TPSA) is 43.1 Å². The van der Waals surface area contributed by atoms with Crippen LogP contribution in [0.2, 0.25) is 5.02 Å². The molecule has 4 rings (SSSR count). The highest BCUT2D eigenvalue weighted by atomic mass is 35.5. The lowest BCUT2D eigenvalue weighted by atomic mass is 9.95. The lowest BCUT2D eigenvalue weighted by Gasteiger charge is -2.24. The van der Waals surface area contributed by atoms with Crippen LogP contribution in [0.3, 0.4) is 0 Å². The van der Waals surface area contributed by atoms with Gasteiger partial charge in [0, 0.05) is 11.4 Å². The van der Waals surface area contributed by atoms with Gasteiger partial charge in [-0.3, -0.25) is 0 Å². The zero-order chi connectivity index (χ0) is 15.8. The van der Waals surface area contributed by atoms with Crippen LogP contribution in [0.4, 0.5) is 5.95 Å². The molecule has 114 valence electrons. The van der Waals surface area contributed by atoms with E-state index in [-0.39, 0.29) is 6.04 Å². The van der Waals surface area contributed by atoms with Gasteiger partial charge in [-0.25, -0.2) is 9.67 Å². The summed E-state index contributed by atoms with van der Waals surface area (Å²) in [5, 5.41) is 5.08. The summed E-state index contributed by atoms with van der Waals surface area (Å²) in [6.07, 6.45) is 2.34. The van der Waals surface area contributed by atoms with Gasteiger partial charge in [-0.1, -0.05) is 53.6 Å². The molecule has 5 heteroatoms. The molecule has 0 saturated heterocycles. The van der Waals surface area contributed by atoms with E-state index in [1.807, 2.05) is 28.9 Å². The number of fused-ring (bicyclic) bond motifs is 1. The van der Waals surface area contributed by atoms with Crippen molar-refractivity contribution in [2.75, 3.05) is 0 Å². The van der Waals surface area contributed by atoms with Gasteiger partial charge in [0.2, 0.25) is 5.95 Å². The summed E-state index contributed by atoms with van der Waals surface area (Å²) in [6, 6.07) is 16.4. The Labute approximate surface area is 139 Å². The van der Waals surface area contributed by atoms with Crippen molar-refractivity contribution in [3.8, 4) is 0 Å². The molecular formula is C18H15ClN4. The van der Waals surface area contributed by atoms with E-state index < -0.39 is 0 Å². The predicted octanol–water partition coefficient (Wildman–Crippen LogP) is 4.35. The van der Waals surface area contributed by atoms with Gasteiger partial charge in [0.05, 0.1) is 11.8 Å². The maximum absolute atomic E-state index is 5.99. The molecule has 1 aromatic heterocycles. The first-order valence-electron chi connectivity index (χ1n) is 7.50. The van der Waals surface area contributed by atoms with Crippen LogP contribution >= 0.6 is 11.6 Å². The molecule has 1 atom stereocenters. The summed E-state index contributed by atoms with van der Waals surface area (Å²) in [7, 11) is 0. The van der Waals surface area contributed by atoms with Crippen molar-refractivity contribution < 1.29 is 0 Å². The number of aromatic nitrogens is 3. The second-order valence-electron chi connectivity index (χ2n) is 5.70. The third kappa shape index (κ3) is 2.66. The summed E-state index contributed by atoms with van der Waals surface area (Å²) in [6.45, 7) is 2.09. The Bertz CT molecular complexity index is 863. The second kappa shape index (κ2) is 5.63. The maximum Gasteiger partial charge on any atom is 0.248 e. The van der Waals surface area contributed by atoms with Crippen molar-refractivity contribution in [1.82, 2.24) is 14.8 Å². The lowest BCUT2D eigenvalue weighted by Crippen LogP contribution is -2.21. The quantitative estimate of drug-likeness (QED) is 0.703. The Morgan fingerprint density at radius 2 is 1.78 bits per heavy atom. The first-order chi connectivity index (χ1) is 11.2. The summed E-state index contributed by atoms with van der Waals surface area (Å²) in [4.78, 5) is 8.94. The van der Waals surface area contributed by atoms with E-state index in [0.29, 0.717) is 5.95 Å². The number of hydrogen-bond donors (Lipinski definition) is 0. The standard InChI is InChI=1S/C18H15ClN4/c1-12-2-4-14(5-3-12)17-10-16(13-6-8-15(19)9-7-13)22-18-20-11-21-23(17)18/h2-9,11,17H,10H2,1H3. The van der Waals surface area contributed by atoms with Gasteiger partial charge in [0.1, 0.15) is 6.33 Å². The van der Waals surface area contributed by atoms with Crippen molar-refractivity contribution in [3.63, 3.8) is 0 Å². The van der Waals surface area contributed by atoms with Crippen LogP contribution in [0.15, 0.2) is 59.9 Å². The predicted molar refractivity (Wildman–Crippen MR) is 91.6 cm³/mol. The molecule has 2 heterocycles. The molecule has 1 aliphatic rings. The molecule has 1 aliphatic heterocycles. The average Bonchev–Trinajstić information content (AvgIpc) is 3.04. The van der Waals surface area contributed by atoms with Crippen LogP contribution in [0.1, 0.15) is 29.2 Å². The smallest absolute Gasteiger partial charge is 0.222 e. The molecule has 0 bridgehead atoms. The van der Waals surface area contributed by atoms with Crippen LogP contribution in [-0.2, 0) is 0 Å². The molecule has 0 amide bonds. The number of hydrogen-bond acceptors (Lipinski definition) is 3. The van der Waals surface area contributed by atoms with E-state index in [1.54, 1.807) is 6.33 Å². The van der Waals surface area contributed by atoms with E-state index in [4.69, 9.17) is 11.6 Å². The number of aryl methyl sites for hydroxylation is 1.